The van der Waals surface area contributed by atoms with Gasteiger partial charge < -0.3 is 14.7 Å². The highest BCUT2D eigenvalue weighted by Crippen LogP contribution is 2.26. The van der Waals surface area contributed by atoms with E-state index in [1.54, 1.807) is 18.2 Å². The summed E-state index contributed by atoms with van der Waals surface area (Å²) in [5, 5.41) is 11.8. The van der Waals surface area contributed by atoms with E-state index in [4.69, 9.17) is 27.9 Å². The van der Waals surface area contributed by atoms with Crippen molar-refractivity contribution in [1.82, 2.24) is 9.80 Å². The number of hydrogen-bond acceptors (Lipinski definition) is 4. The molecule has 1 fully saturated rings. The number of ether oxygens (including phenoxy) is 1. The molecule has 1 aliphatic rings. The average Bonchev–Trinajstić information content (AvgIpc) is 3.22. The Bertz CT molecular complexity index is 1110. The monoisotopic (exact) mass is 502 g/mol. The van der Waals surface area contributed by atoms with Crippen molar-refractivity contribution in [2.24, 2.45) is 0 Å². The maximum Gasteiger partial charge on any atom is 0.410 e. The SMILES string of the molecule is O=C(OCc1ccccc1)N1C[C@@H](O)[C@H](N(Cc2ccc(Cl)cc2)Cc2ccc(F)cc2Cl)C1. The molecule has 178 valence electrons. The van der Waals surface area contributed by atoms with Crippen molar-refractivity contribution < 1.29 is 19.0 Å². The van der Waals surface area contributed by atoms with Crippen LogP contribution < -0.4 is 0 Å². The summed E-state index contributed by atoms with van der Waals surface area (Å²) in [6.07, 6.45) is -1.26. The number of amides is 1. The van der Waals surface area contributed by atoms with Gasteiger partial charge >= 0.3 is 6.09 Å². The van der Waals surface area contributed by atoms with Crippen molar-refractivity contribution in [3.8, 4) is 0 Å². The molecule has 4 rings (SSSR count). The summed E-state index contributed by atoms with van der Waals surface area (Å²) in [6.45, 7) is 1.47. The smallest absolute Gasteiger partial charge is 0.410 e. The van der Waals surface area contributed by atoms with E-state index in [0.29, 0.717) is 29.7 Å². The number of benzene rings is 3. The zero-order valence-corrected chi connectivity index (χ0v) is 19.9. The van der Waals surface area contributed by atoms with Crippen molar-refractivity contribution in [3.05, 3.63) is 105 Å². The molecule has 1 aliphatic heterocycles. The molecule has 0 aromatic heterocycles. The first-order chi connectivity index (χ1) is 16.4. The van der Waals surface area contributed by atoms with Gasteiger partial charge in [-0.3, -0.25) is 4.90 Å². The Morgan fingerprint density at radius 3 is 2.44 bits per heavy atom. The number of likely N-dealkylation sites (tertiary alicyclic amines) is 1. The first kappa shape index (κ1) is 24.5. The second-order valence-corrected chi connectivity index (χ2v) is 9.19. The Morgan fingerprint density at radius 2 is 1.74 bits per heavy atom. The van der Waals surface area contributed by atoms with Crippen LogP contribution in [0.4, 0.5) is 9.18 Å². The Balaban J connectivity index is 1.48. The number of rotatable bonds is 7. The van der Waals surface area contributed by atoms with Gasteiger partial charge in [-0.15, -0.1) is 0 Å². The minimum Gasteiger partial charge on any atom is -0.445 e. The number of aliphatic hydroxyl groups excluding tert-OH is 1. The molecule has 1 amide bonds. The minimum atomic E-state index is -0.782. The number of carbonyl (C=O) groups excluding carboxylic acids is 1. The highest BCUT2D eigenvalue weighted by molar-refractivity contribution is 6.31. The highest BCUT2D eigenvalue weighted by Gasteiger charge is 2.38. The maximum atomic E-state index is 13.6. The molecule has 0 aliphatic carbocycles. The van der Waals surface area contributed by atoms with Gasteiger partial charge in [0.05, 0.1) is 18.7 Å². The van der Waals surface area contributed by atoms with Crippen LogP contribution in [0.25, 0.3) is 0 Å². The van der Waals surface area contributed by atoms with Gasteiger partial charge in [-0.05, 0) is 41.0 Å². The second-order valence-electron chi connectivity index (χ2n) is 8.35. The van der Waals surface area contributed by atoms with Crippen molar-refractivity contribution in [2.45, 2.75) is 31.8 Å². The molecular weight excluding hydrogens is 478 g/mol. The van der Waals surface area contributed by atoms with E-state index in [1.165, 1.54) is 17.0 Å². The van der Waals surface area contributed by atoms with Gasteiger partial charge in [-0.2, -0.15) is 0 Å². The number of carbonyl (C=O) groups is 1. The van der Waals surface area contributed by atoms with Crippen LogP contribution in [0, 0.1) is 5.82 Å². The molecule has 3 aromatic rings. The quantitative estimate of drug-likeness (QED) is 0.462. The van der Waals surface area contributed by atoms with Crippen LogP contribution in [-0.4, -0.2) is 46.2 Å². The Morgan fingerprint density at radius 1 is 1.00 bits per heavy atom. The fourth-order valence-electron chi connectivity index (χ4n) is 4.07. The number of β-amino-alcohol motifs (C(OH)–C–C–N with tert-alkyl or cyclic N) is 1. The van der Waals surface area contributed by atoms with Gasteiger partial charge in [0.25, 0.3) is 0 Å². The van der Waals surface area contributed by atoms with Gasteiger partial charge in [0.1, 0.15) is 12.4 Å². The van der Waals surface area contributed by atoms with E-state index in [-0.39, 0.29) is 19.2 Å². The van der Waals surface area contributed by atoms with E-state index >= 15 is 0 Å². The van der Waals surface area contributed by atoms with Crippen LogP contribution in [0.1, 0.15) is 16.7 Å². The lowest BCUT2D eigenvalue weighted by Crippen LogP contribution is -2.42. The summed E-state index contributed by atoms with van der Waals surface area (Å²) < 4.78 is 19.0. The van der Waals surface area contributed by atoms with E-state index in [1.807, 2.05) is 47.4 Å². The fraction of sp³-hybridized carbons (Fsp3) is 0.269. The number of halogens is 3. The van der Waals surface area contributed by atoms with Crippen LogP contribution in [0.2, 0.25) is 10.0 Å². The summed E-state index contributed by atoms with van der Waals surface area (Å²) in [7, 11) is 0. The van der Waals surface area contributed by atoms with E-state index < -0.39 is 18.0 Å². The van der Waals surface area contributed by atoms with E-state index in [2.05, 4.69) is 0 Å². The molecule has 0 bridgehead atoms. The molecule has 34 heavy (non-hydrogen) atoms. The fourth-order valence-corrected chi connectivity index (χ4v) is 4.42. The molecular formula is C26H25Cl2FN2O3. The minimum absolute atomic E-state index is 0.159. The lowest BCUT2D eigenvalue weighted by atomic mass is 10.1. The van der Waals surface area contributed by atoms with E-state index in [0.717, 1.165) is 16.7 Å². The number of aliphatic hydroxyl groups is 1. The van der Waals surface area contributed by atoms with Gasteiger partial charge in [0.2, 0.25) is 0 Å². The summed E-state index contributed by atoms with van der Waals surface area (Å²) in [4.78, 5) is 16.2. The molecule has 0 spiro atoms. The molecule has 0 unspecified atom stereocenters. The largest absolute Gasteiger partial charge is 0.445 e. The molecule has 1 N–H and O–H groups in total. The summed E-state index contributed by atoms with van der Waals surface area (Å²) in [5.74, 6) is -0.411. The normalized spacial score (nSPS) is 17.9. The molecule has 0 saturated carbocycles. The summed E-state index contributed by atoms with van der Waals surface area (Å²) >= 11 is 12.3. The van der Waals surface area contributed by atoms with E-state index in [9.17, 15) is 14.3 Å². The summed E-state index contributed by atoms with van der Waals surface area (Å²) in [5.41, 5.74) is 2.61. The zero-order valence-electron chi connectivity index (χ0n) is 18.4. The Kier molecular flexibility index (Phi) is 8.06. The van der Waals surface area contributed by atoms with Crippen molar-refractivity contribution in [2.75, 3.05) is 13.1 Å². The molecule has 0 radical (unpaired) electrons. The Labute approximate surface area is 208 Å². The third-order valence-corrected chi connectivity index (χ3v) is 6.48. The van der Waals surface area contributed by atoms with Crippen LogP contribution in [-0.2, 0) is 24.4 Å². The molecule has 8 heteroatoms. The van der Waals surface area contributed by atoms with Crippen molar-refractivity contribution >= 4 is 29.3 Å². The van der Waals surface area contributed by atoms with Crippen LogP contribution >= 0.6 is 23.2 Å². The Hall–Kier alpha value is -2.64. The predicted molar refractivity (Wildman–Crippen MR) is 130 cm³/mol. The highest BCUT2D eigenvalue weighted by atomic mass is 35.5. The lowest BCUT2D eigenvalue weighted by Gasteiger charge is -2.31. The number of nitrogens with zero attached hydrogens (tertiary/aromatic N) is 2. The van der Waals surface area contributed by atoms with Crippen LogP contribution in [0.3, 0.4) is 0 Å². The van der Waals surface area contributed by atoms with Gasteiger partial charge in [0, 0.05) is 29.7 Å². The first-order valence-corrected chi connectivity index (χ1v) is 11.7. The second kappa shape index (κ2) is 11.2. The standard InChI is InChI=1S/C26H25Cl2FN2O3/c27-21-9-6-18(7-10-21)13-30(14-20-8-11-22(29)12-23(20)28)24-15-31(16-25(24)32)26(33)34-17-19-4-2-1-3-5-19/h1-12,24-25,32H,13-17H2/t24-,25-/m1/s1. The third kappa shape index (κ3) is 6.27. The molecule has 2 atom stereocenters. The average molecular weight is 503 g/mol. The number of hydrogen-bond donors (Lipinski definition) is 1. The van der Waals surface area contributed by atoms with Gasteiger partial charge in [-0.1, -0.05) is 71.7 Å². The third-order valence-electron chi connectivity index (χ3n) is 5.88. The van der Waals surface area contributed by atoms with Crippen LogP contribution in [0.15, 0.2) is 72.8 Å². The lowest BCUT2D eigenvalue weighted by molar-refractivity contribution is 0.0728. The van der Waals surface area contributed by atoms with Crippen molar-refractivity contribution in [1.29, 1.82) is 0 Å². The molecule has 3 aromatic carbocycles. The molecule has 1 heterocycles. The predicted octanol–water partition coefficient (Wildman–Crippen LogP) is 5.52. The molecule has 1 saturated heterocycles. The summed E-state index contributed by atoms with van der Waals surface area (Å²) in [6, 6.07) is 20.8. The first-order valence-electron chi connectivity index (χ1n) is 10.9. The van der Waals surface area contributed by atoms with Gasteiger partial charge in [0.15, 0.2) is 0 Å². The zero-order chi connectivity index (χ0) is 24.1. The van der Waals surface area contributed by atoms with Crippen LogP contribution in [0.5, 0.6) is 0 Å². The van der Waals surface area contributed by atoms with Crippen molar-refractivity contribution in [3.63, 3.8) is 0 Å². The topological polar surface area (TPSA) is 53.0 Å². The molecule has 5 nitrogen and oxygen atoms in total. The maximum absolute atomic E-state index is 13.6. The van der Waals surface area contributed by atoms with Gasteiger partial charge in [-0.25, -0.2) is 9.18 Å².